The van der Waals surface area contributed by atoms with Gasteiger partial charge in [0.25, 0.3) is 0 Å². The summed E-state index contributed by atoms with van der Waals surface area (Å²) >= 11 is 0. The average molecular weight is 424 g/mol. The molecule has 2 aliphatic rings. The summed E-state index contributed by atoms with van der Waals surface area (Å²) in [6, 6.07) is 0. The van der Waals surface area contributed by atoms with E-state index in [1.165, 1.54) is 7.11 Å². The zero-order chi connectivity index (χ0) is 21.7. The Kier molecular flexibility index (Phi) is 9.38. The van der Waals surface area contributed by atoms with Crippen LogP contribution in [-0.2, 0) is 23.7 Å². The van der Waals surface area contributed by atoms with E-state index >= 15 is 0 Å². The average Bonchev–Trinajstić information content (AvgIpc) is 2.69. The topological polar surface area (TPSA) is 168 Å². The van der Waals surface area contributed by atoms with E-state index in [4.69, 9.17) is 23.7 Å². The molecule has 0 bridgehead atoms. The molecule has 2 fully saturated rings. The van der Waals surface area contributed by atoms with Crippen LogP contribution in [0.5, 0.6) is 0 Å². The van der Waals surface area contributed by atoms with Gasteiger partial charge in [-0.1, -0.05) is 5.57 Å². The number of hydrogen-bond donors (Lipinski definition) is 6. The van der Waals surface area contributed by atoms with E-state index in [2.05, 4.69) is 6.58 Å². The van der Waals surface area contributed by atoms with Gasteiger partial charge in [0.1, 0.15) is 48.8 Å². The minimum Gasteiger partial charge on any atom is -0.394 e. The summed E-state index contributed by atoms with van der Waals surface area (Å²) in [5.41, 5.74) is 0.857. The molecule has 0 radical (unpaired) electrons. The molecule has 0 aliphatic carbocycles. The zero-order valence-electron chi connectivity index (χ0n) is 16.5. The minimum atomic E-state index is -1.52. The van der Waals surface area contributed by atoms with Crippen molar-refractivity contribution < 1.29 is 54.3 Å². The highest BCUT2D eigenvalue weighted by Gasteiger charge is 2.51. The van der Waals surface area contributed by atoms with E-state index < -0.39 is 74.6 Å². The molecule has 0 spiro atoms. The first-order chi connectivity index (χ1) is 13.7. The van der Waals surface area contributed by atoms with Gasteiger partial charge >= 0.3 is 0 Å². The molecule has 0 aromatic rings. The third-order valence-corrected chi connectivity index (χ3v) is 5.02. The highest BCUT2D eigenvalue weighted by atomic mass is 16.8. The van der Waals surface area contributed by atoms with Crippen LogP contribution in [0.1, 0.15) is 13.3 Å². The normalized spacial score (nSPS) is 43.3. The van der Waals surface area contributed by atoms with Gasteiger partial charge in [-0.25, -0.2) is 0 Å². The fraction of sp³-hybridized carbons (Fsp3) is 0.889. The fourth-order valence-corrected chi connectivity index (χ4v) is 3.26. The lowest BCUT2D eigenvalue weighted by Gasteiger charge is -2.46. The van der Waals surface area contributed by atoms with Crippen LogP contribution >= 0.6 is 0 Å². The SMILES string of the molecule is C=C(C)CCO[C@H]1O[C@H](CO)[C@@H](O)[C@H](O)[C@@H]1O[C@H]1O[C@H](CO)[C@@H](O)[C@H](O)[C@@H]1OC. The number of aliphatic hydroxyl groups excluding tert-OH is 6. The Balaban J connectivity index is 2.18. The van der Waals surface area contributed by atoms with Gasteiger partial charge in [-0.15, -0.1) is 6.58 Å². The van der Waals surface area contributed by atoms with Gasteiger partial charge in [0, 0.05) is 7.11 Å². The van der Waals surface area contributed by atoms with Gasteiger partial charge in [-0.05, 0) is 13.3 Å². The van der Waals surface area contributed by atoms with Crippen molar-refractivity contribution in [1.29, 1.82) is 0 Å². The maximum atomic E-state index is 10.5. The first-order valence-corrected chi connectivity index (χ1v) is 9.44. The summed E-state index contributed by atoms with van der Waals surface area (Å²) in [7, 11) is 1.27. The van der Waals surface area contributed by atoms with Crippen molar-refractivity contribution in [2.24, 2.45) is 0 Å². The number of hydrogen-bond acceptors (Lipinski definition) is 11. The van der Waals surface area contributed by atoms with Crippen LogP contribution < -0.4 is 0 Å². The summed E-state index contributed by atoms with van der Waals surface area (Å²) in [6.45, 7) is 4.62. The third kappa shape index (κ3) is 5.71. The van der Waals surface area contributed by atoms with Gasteiger partial charge in [-0.3, -0.25) is 0 Å². The van der Waals surface area contributed by atoms with E-state index in [0.717, 1.165) is 5.57 Å². The van der Waals surface area contributed by atoms with Gasteiger partial charge in [0.15, 0.2) is 12.6 Å². The maximum absolute atomic E-state index is 10.5. The Morgan fingerprint density at radius 3 is 1.86 bits per heavy atom. The number of rotatable bonds is 9. The van der Waals surface area contributed by atoms with Crippen LogP contribution in [0.3, 0.4) is 0 Å². The van der Waals surface area contributed by atoms with Gasteiger partial charge in [0.05, 0.1) is 19.8 Å². The third-order valence-electron chi connectivity index (χ3n) is 5.02. The van der Waals surface area contributed by atoms with E-state index in [1.807, 2.05) is 6.92 Å². The lowest BCUT2D eigenvalue weighted by atomic mass is 9.97. The summed E-state index contributed by atoms with van der Waals surface area (Å²) < 4.78 is 27.5. The second-order valence-corrected chi connectivity index (χ2v) is 7.29. The van der Waals surface area contributed by atoms with Crippen molar-refractivity contribution in [2.45, 2.75) is 74.8 Å². The highest BCUT2D eigenvalue weighted by Crippen LogP contribution is 2.30. The molecule has 0 saturated carbocycles. The van der Waals surface area contributed by atoms with E-state index in [9.17, 15) is 30.6 Å². The Labute approximate surface area is 169 Å². The smallest absolute Gasteiger partial charge is 0.187 e. The first-order valence-electron chi connectivity index (χ1n) is 9.44. The molecule has 6 N–H and O–H groups in total. The molecule has 10 atom stereocenters. The minimum absolute atomic E-state index is 0.181. The number of ether oxygens (including phenoxy) is 5. The quantitative estimate of drug-likeness (QED) is 0.212. The second kappa shape index (κ2) is 11.1. The molecule has 0 unspecified atom stereocenters. The Bertz CT molecular complexity index is 518. The van der Waals surface area contributed by atoms with E-state index in [-0.39, 0.29) is 6.61 Å². The van der Waals surface area contributed by atoms with Crippen LogP contribution in [0.25, 0.3) is 0 Å². The molecule has 2 rings (SSSR count). The molecule has 11 nitrogen and oxygen atoms in total. The molecule has 11 heteroatoms. The summed E-state index contributed by atoms with van der Waals surface area (Å²) in [6.07, 6.45) is -12.5. The lowest BCUT2D eigenvalue weighted by Crippen LogP contribution is -2.65. The summed E-state index contributed by atoms with van der Waals surface area (Å²) in [4.78, 5) is 0. The van der Waals surface area contributed by atoms with Crippen molar-refractivity contribution in [1.82, 2.24) is 0 Å². The Hall–Kier alpha value is -0.700. The number of aliphatic hydroxyl groups is 6. The maximum Gasteiger partial charge on any atom is 0.187 e. The monoisotopic (exact) mass is 424 g/mol. The summed E-state index contributed by atoms with van der Waals surface area (Å²) in [5, 5.41) is 59.7. The van der Waals surface area contributed by atoms with E-state index in [1.54, 1.807) is 0 Å². The molecular weight excluding hydrogens is 392 g/mol. The van der Waals surface area contributed by atoms with Crippen LogP contribution in [-0.4, -0.2) is 119 Å². The number of methoxy groups -OCH3 is 1. The van der Waals surface area contributed by atoms with Gasteiger partial charge < -0.3 is 54.3 Å². The Morgan fingerprint density at radius 2 is 1.38 bits per heavy atom. The van der Waals surface area contributed by atoms with E-state index in [0.29, 0.717) is 6.42 Å². The molecule has 170 valence electrons. The second-order valence-electron chi connectivity index (χ2n) is 7.29. The molecule has 29 heavy (non-hydrogen) atoms. The molecule has 2 saturated heterocycles. The fourth-order valence-electron chi connectivity index (χ4n) is 3.26. The predicted octanol–water partition coefficient (Wildman–Crippen LogP) is -2.75. The molecule has 2 aliphatic heterocycles. The lowest BCUT2D eigenvalue weighted by molar-refractivity contribution is -0.369. The Morgan fingerprint density at radius 1 is 0.862 bits per heavy atom. The molecule has 2 heterocycles. The molecule has 0 aromatic carbocycles. The molecule has 0 amide bonds. The van der Waals surface area contributed by atoms with Crippen molar-refractivity contribution in [3.8, 4) is 0 Å². The van der Waals surface area contributed by atoms with Crippen LogP contribution in [0.2, 0.25) is 0 Å². The first kappa shape index (κ1) is 24.6. The van der Waals surface area contributed by atoms with Gasteiger partial charge in [0.2, 0.25) is 0 Å². The van der Waals surface area contributed by atoms with Crippen molar-refractivity contribution in [3.63, 3.8) is 0 Å². The largest absolute Gasteiger partial charge is 0.394 e. The van der Waals surface area contributed by atoms with Crippen molar-refractivity contribution >= 4 is 0 Å². The standard InChI is InChI=1S/C18H32O11/c1-8(2)4-5-26-17-16(14(24)12(22)9(6-19)27-17)29-18-15(25-3)13(23)11(21)10(7-20)28-18/h9-24H,1,4-7H2,2-3H3/t9-,10-,11-,12-,13+,14+,15+,16+,17+,18-/m1/s1. The van der Waals surface area contributed by atoms with Crippen LogP contribution in [0, 0.1) is 0 Å². The molecule has 0 aromatic heterocycles. The van der Waals surface area contributed by atoms with Gasteiger partial charge in [-0.2, -0.15) is 0 Å². The summed E-state index contributed by atoms with van der Waals surface area (Å²) in [5.74, 6) is 0. The zero-order valence-corrected chi connectivity index (χ0v) is 16.5. The highest BCUT2D eigenvalue weighted by molar-refractivity contribution is 4.94. The van der Waals surface area contributed by atoms with Crippen molar-refractivity contribution in [3.05, 3.63) is 12.2 Å². The van der Waals surface area contributed by atoms with Crippen LogP contribution in [0.15, 0.2) is 12.2 Å². The van der Waals surface area contributed by atoms with Crippen LogP contribution in [0.4, 0.5) is 0 Å². The molecular formula is C18H32O11. The predicted molar refractivity (Wildman–Crippen MR) is 96.6 cm³/mol. The van der Waals surface area contributed by atoms with Crippen molar-refractivity contribution in [2.75, 3.05) is 26.9 Å².